The van der Waals surface area contributed by atoms with Crippen LogP contribution in [0.15, 0.2) is 53.4 Å². The van der Waals surface area contributed by atoms with Crippen molar-refractivity contribution in [2.24, 2.45) is 5.92 Å². The summed E-state index contributed by atoms with van der Waals surface area (Å²) in [6, 6.07) is 11.6. The van der Waals surface area contributed by atoms with E-state index in [-0.39, 0.29) is 35.5 Å². The van der Waals surface area contributed by atoms with Gasteiger partial charge in [0.2, 0.25) is 15.9 Å². The van der Waals surface area contributed by atoms with Crippen LogP contribution in [-0.4, -0.2) is 27.4 Å². The predicted octanol–water partition coefficient (Wildman–Crippen LogP) is 2.81. The number of hydrogen-bond donors (Lipinski definition) is 1. The number of benzene rings is 2. The zero-order chi connectivity index (χ0) is 18.0. The molecule has 1 aliphatic rings. The van der Waals surface area contributed by atoms with Crippen LogP contribution in [0.3, 0.4) is 0 Å². The number of carbonyl (C=O) groups excluding carboxylic acids is 1. The number of carbonyl (C=O) groups is 1. The summed E-state index contributed by atoms with van der Waals surface area (Å²) >= 11 is 5.83. The molecule has 5 nitrogen and oxygen atoms in total. The third-order valence-corrected chi connectivity index (χ3v) is 5.67. The molecule has 0 spiro atoms. The Bertz CT molecular complexity index is 887. The van der Waals surface area contributed by atoms with E-state index >= 15 is 0 Å². The lowest BCUT2D eigenvalue weighted by Crippen LogP contribution is -2.31. The minimum atomic E-state index is -3.69. The molecule has 1 unspecified atom stereocenters. The van der Waals surface area contributed by atoms with Gasteiger partial charge in [0.25, 0.3) is 0 Å². The highest BCUT2D eigenvalue weighted by Crippen LogP contribution is 2.25. The first-order valence-corrected chi connectivity index (χ1v) is 9.52. The van der Waals surface area contributed by atoms with Gasteiger partial charge in [-0.3, -0.25) is 4.79 Å². The lowest BCUT2D eigenvalue weighted by molar-refractivity contribution is -0.117. The molecule has 1 heterocycles. The molecule has 1 N–H and O–H groups in total. The SMILES string of the molecule is O=C1CC(CNS(=O)(=O)c2cccc(Cl)c2)CN1c1ccc(F)cc1. The molecule has 2 aromatic carbocycles. The van der Waals surface area contributed by atoms with Gasteiger partial charge in [-0.2, -0.15) is 0 Å². The average molecular weight is 383 g/mol. The van der Waals surface area contributed by atoms with Crippen molar-refractivity contribution in [3.63, 3.8) is 0 Å². The van der Waals surface area contributed by atoms with Gasteiger partial charge in [0.05, 0.1) is 4.90 Å². The van der Waals surface area contributed by atoms with Gasteiger partial charge in [0, 0.05) is 30.2 Å². The molecule has 2 aromatic rings. The Labute approximate surface area is 150 Å². The number of anilines is 1. The molecule has 1 fully saturated rings. The Morgan fingerprint density at radius 3 is 2.60 bits per heavy atom. The zero-order valence-corrected chi connectivity index (χ0v) is 14.7. The second-order valence-electron chi connectivity index (χ2n) is 5.86. The third-order valence-electron chi connectivity index (χ3n) is 4.01. The molecule has 0 bridgehead atoms. The molecule has 0 saturated carbocycles. The number of amides is 1. The van der Waals surface area contributed by atoms with Crippen LogP contribution in [0.4, 0.5) is 10.1 Å². The van der Waals surface area contributed by atoms with E-state index in [2.05, 4.69) is 4.72 Å². The Balaban J connectivity index is 1.65. The van der Waals surface area contributed by atoms with Crippen LogP contribution in [0.1, 0.15) is 6.42 Å². The molecular weight excluding hydrogens is 367 g/mol. The Morgan fingerprint density at radius 1 is 1.20 bits per heavy atom. The van der Waals surface area contributed by atoms with Gasteiger partial charge in [-0.1, -0.05) is 17.7 Å². The second-order valence-corrected chi connectivity index (χ2v) is 8.06. The first-order chi connectivity index (χ1) is 11.8. The quantitative estimate of drug-likeness (QED) is 0.864. The van der Waals surface area contributed by atoms with Crippen LogP contribution in [-0.2, 0) is 14.8 Å². The average Bonchev–Trinajstić information content (AvgIpc) is 2.95. The summed E-state index contributed by atoms with van der Waals surface area (Å²) in [5, 5.41) is 0.335. The van der Waals surface area contributed by atoms with Crippen LogP contribution in [0.5, 0.6) is 0 Å². The Morgan fingerprint density at radius 2 is 1.92 bits per heavy atom. The normalized spacial score (nSPS) is 17.9. The fourth-order valence-electron chi connectivity index (χ4n) is 2.73. The highest BCUT2D eigenvalue weighted by molar-refractivity contribution is 7.89. The molecule has 132 valence electrons. The summed E-state index contributed by atoms with van der Waals surface area (Å²) in [6.45, 7) is 0.515. The van der Waals surface area contributed by atoms with Gasteiger partial charge in [-0.15, -0.1) is 0 Å². The molecule has 0 aliphatic carbocycles. The molecule has 25 heavy (non-hydrogen) atoms. The molecule has 1 amide bonds. The zero-order valence-electron chi connectivity index (χ0n) is 13.2. The molecule has 1 saturated heterocycles. The van der Waals surface area contributed by atoms with Gasteiger partial charge < -0.3 is 4.90 Å². The topological polar surface area (TPSA) is 66.5 Å². The third kappa shape index (κ3) is 4.18. The summed E-state index contributed by atoms with van der Waals surface area (Å²) in [6.07, 6.45) is 0.232. The standard InChI is InChI=1S/C17H16ClFN2O3S/c18-13-2-1-3-16(9-13)25(23,24)20-10-12-8-17(22)21(11-12)15-6-4-14(19)5-7-15/h1-7,9,12,20H,8,10-11H2. The van der Waals surface area contributed by atoms with Crippen molar-refractivity contribution in [2.75, 3.05) is 18.0 Å². The van der Waals surface area contributed by atoms with Crippen molar-refractivity contribution in [1.82, 2.24) is 4.72 Å². The molecule has 0 aromatic heterocycles. The summed E-state index contributed by atoms with van der Waals surface area (Å²) in [4.78, 5) is 13.8. The van der Waals surface area contributed by atoms with E-state index in [4.69, 9.17) is 11.6 Å². The lowest BCUT2D eigenvalue weighted by Gasteiger charge is -2.17. The maximum atomic E-state index is 13.0. The van der Waals surface area contributed by atoms with Gasteiger partial charge in [-0.05, 0) is 48.4 Å². The van der Waals surface area contributed by atoms with E-state index in [0.717, 1.165) is 0 Å². The molecule has 1 atom stereocenters. The van der Waals surface area contributed by atoms with Crippen LogP contribution in [0.2, 0.25) is 5.02 Å². The van der Waals surface area contributed by atoms with E-state index in [1.165, 1.54) is 41.3 Å². The summed E-state index contributed by atoms with van der Waals surface area (Å²) in [5.41, 5.74) is 0.603. The first kappa shape index (κ1) is 17.8. The van der Waals surface area contributed by atoms with Crippen molar-refractivity contribution in [1.29, 1.82) is 0 Å². The lowest BCUT2D eigenvalue weighted by atomic mass is 10.1. The van der Waals surface area contributed by atoms with Crippen LogP contribution in [0.25, 0.3) is 0 Å². The predicted molar refractivity (Wildman–Crippen MR) is 93.5 cm³/mol. The molecule has 8 heteroatoms. The molecule has 3 rings (SSSR count). The van der Waals surface area contributed by atoms with Crippen molar-refractivity contribution in [3.8, 4) is 0 Å². The maximum absolute atomic E-state index is 13.0. The van der Waals surface area contributed by atoms with Gasteiger partial charge in [0.15, 0.2) is 0 Å². The van der Waals surface area contributed by atoms with Crippen molar-refractivity contribution >= 4 is 33.2 Å². The maximum Gasteiger partial charge on any atom is 0.240 e. The van der Waals surface area contributed by atoms with E-state index in [1.807, 2.05) is 0 Å². The number of sulfonamides is 1. The number of halogens is 2. The van der Waals surface area contributed by atoms with E-state index in [0.29, 0.717) is 17.3 Å². The minimum absolute atomic E-state index is 0.0831. The van der Waals surface area contributed by atoms with Crippen LogP contribution < -0.4 is 9.62 Å². The number of nitrogens with zero attached hydrogens (tertiary/aromatic N) is 1. The van der Waals surface area contributed by atoms with E-state index in [9.17, 15) is 17.6 Å². The van der Waals surface area contributed by atoms with E-state index < -0.39 is 10.0 Å². The summed E-state index contributed by atoms with van der Waals surface area (Å²) in [7, 11) is -3.69. The van der Waals surface area contributed by atoms with Crippen molar-refractivity contribution in [3.05, 3.63) is 59.4 Å². The summed E-state index contributed by atoms with van der Waals surface area (Å²) < 4.78 is 40.1. The highest BCUT2D eigenvalue weighted by Gasteiger charge is 2.31. The molecule has 1 aliphatic heterocycles. The molecular formula is C17H16ClFN2O3S. The van der Waals surface area contributed by atoms with Crippen LogP contribution in [0, 0.1) is 11.7 Å². The number of hydrogen-bond acceptors (Lipinski definition) is 3. The Hall–Kier alpha value is -1.96. The van der Waals surface area contributed by atoms with Crippen LogP contribution >= 0.6 is 11.6 Å². The Kier molecular flexibility index (Phi) is 5.08. The monoisotopic (exact) mass is 382 g/mol. The van der Waals surface area contributed by atoms with E-state index in [1.54, 1.807) is 12.1 Å². The van der Waals surface area contributed by atoms with Crippen molar-refractivity contribution < 1.29 is 17.6 Å². The first-order valence-electron chi connectivity index (χ1n) is 7.66. The summed E-state index contributed by atoms with van der Waals surface area (Å²) in [5.74, 6) is -0.647. The van der Waals surface area contributed by atoms with Gasteiger partial charge in [-0.25, -0.2) is 17.5 Å². The van der Waals surface area contributed by atoms with Crippen molar-refractivity contribution in [2.45, 2.75) is 11.3 Å². The number of rotatable bonds is 5. The minimum Gasteiger partial charge on any atom is -0.312 e. The molecule has 0 radical (unpaired) electrons. The fourth-order valence-corrected chi connectivity index (χ4v) is 4.15. The second kappa shape index (κ2) is 7.11. The largest absolute Gasteiger partial charge is 0.312 e. The number of nitrogens with one attached hydrogen (secondary N) is 1. The smallest absolute Gasteiger partial charge is 0.240 e. The fraction of sp³-hybridized carbons (Fsp3) is 0.235. The van der Waals surface area contributed by atoms with Gasteiger partial charge in [0.1, 0.15) is 5.82 Å². The highest BCUT2D eigenvalue weighted by atomic mass is 35.5. The van der Waals surface area contributed by atoms with Gasteiger partial charge >= 0.3 is 0 Å².